The predicted molar refractivity (Wildman–Crippen MR) is 86.4 cm³/mol. The number of morpholine rings is 1. The molecule has 124 valence electrons. The van der Waals surface area contributed by atoms with E-state index in [-0.39, 0.29) is 29.6 Å². The summed E-state index contributed by atoms with van der Waals surface area (Å²) in [7, 11) is -3.60. The molecular formula is C16H20N2O4S. The van der Waals surface area contributed by atoms with Crippen LogP contribution in [-0.2, 0) is 14.8 Å². The second-order valence-corrected chi connectivity index (χ2v) is 7.43. The summed E-state index contributed by atoms with van der Waals surface area (Å²) in [5, 5.41) is 2.53. The van der Waals surface area contributed by atoms with Gasteiger partial charge in [-0.2, -0.15) is 4.31 Å². The molecule has 23 heavy (non-hydrogen) atoms. The molecule has 2 rings (SSSR count). The highest BCUT2D eigenvalue weighted by molar-refractivity contribution is 7.89. The lowest BCUT2D eigenvalue weighted by Crippen LogP contribution is -2.48. The van der Waals surface area contributed by atoms with Crippen LogP contribution in [0.4, 0.5) is 0 Å². The molecule has 1 aliphatic heterocycles. The van der Waals surface area contributed by atoms with E-state index in [2.05, 4.69) is 11.2 Å². The molecule has 2 atom stereocenters. The lowest BCUT2D eigenvalue weighted by Gasteiger charge is -2.34. The van der Waals surface area contributed by atoms with Gasteiger partial charge in [0.05, 0.1) is 23.6 Å². The zero-order chi connectivity index (χ0) is 17.0. The molecule has 0 radical (unpaired) electrons. The molecule has 6 nitrogen and oxygen atoms in total. The van der Waals surface area contributed by atoms with Gasteiger partial charge in [0.15, 0.2) is 0 Å². The molecule has 0 spiro atoms. The van der Waals surface area contributed by atoms with Crippen molar-refractivity contribution >= 4 is 15.9 Å². The van der Waals surface area contributed by atoms with Crippen LogP contribution in [0.5, 0.6) is 0 Å². The van der Waals surface area contributed by atoms with Gasteiger partial charge in [-0.15, -0.1) is 6.42 Å². The lowest BCUT2D eigenvalue weighted by molar-refractivity contribution is -0.0440. The fourth-order valence-electron chi connectivity index (χ4n) is 2.49. The summed E-state index contributed by atoms with van der Waals surface area (Å²) in [6.45, 7) is 4.45. The number of sulfonamides is 1. The molecule has 1 amide bonds. The van der Waals surface area contributed by atoms with Crippen molar-refractivity contribution in [2.75, 3.05) is 19.6 Å². The number of carbonyl (C=O) groups excluding carboxylic acids is 1. The average molecular weight is 336 g/mol. The van der Waals surface area contributed by atoms with E-state index in [1.807, 2.05) is 13.8 Å². The molecule has 0 aliphatic carbocycles. The molecule has 0 saturated carbocycles. The average Bonchev–Trinajstić information content (AvgIpc) is 2.51. The molecule has 1 aromatic rings. The number of ether oxygens (including phenoxy) is 1. The number of carbonyl (C=O) groups is 1. The van der Waals surface area contributed by atoms with Crippen molar-refractivity contribution in [2.24, 2.45) is 0 Å². The van der Waals surface area contributed by atoms with E-state index >= 15 is 0 Å². The van der Waals surface area contributed by atoms with Crippen molar-refractivity contribution in [2.45, 2.75) is 31.0 Å². The number of nitrogens with zero attached hydrogens (tertiary/aromatic N) is 1. The van der Waals surface area contributed by atoms with Gasteiger partial charge in [-0.1, -0.05) is 5.92 Å². The zero-order valence-corrected chi connectivity index (χ0v) is 14.0. The number of rotatable bonds is 4. The fourth-order valence-corrected chi connectivity index (χ4v) is 4.08. The lowest BCUT2D eigenvalue weighted by atomic mass is 10.2. The molecule has 1 heterocycles. The van der Waals surface area contributed by atoms with E-state index in [0.29, 0.717) is 18.7 Å². The van der Waals surface area contributed by atoms with Gasteiger partial charge in [0.1, 0.15) is 0 Å². The Kier molecular flexibility index (Phi) is 5.42. The van der Waals surface area contributed by atoms with Crippen molar-refractivity contribution in [3.63, 3.8) is 0 Å². The van der Waals surface area contributed by atoms with Crippen LogP contribution in [0.1, 0.15) is 24.2 Å². The van der Waals surface area contributed by atoms with Crippen LogP contribution in [-0.4, -0.2) is 50.5 Å². The van der Waals surface area contributed by atoms with Crippen molar-refractivity contribution in [1.29, 1.82) is 0 Å². The van der Waals surface area contributed by atoms with Gasteiger partial charge in [0.25, 0.3) is 5.91 Å². The summed E-state index contributed by atoms with van der Waals surface area (Å²) in [5.41, 5.74) is 0.364. The number of amides is 1. The largest absolute Gasteiger partial charge is 0.373 e. The molecule has 2 unspecified atom stereocenters. The molecule has 1 N–H and O–H groups in total. The first kappa shape index (κ1) is 17.5. The smallest absolute Gasteiger partial charge is 0.252 e. The Morgan fingerprint density at radius 3 is 2.39 bits per heavy atom. The number of hydrogen-bond acceptors (Lipinski definition) is 4. The maximum atomic E-state index is 12.7. The van der Waals surface area contributed by atoms with Crippen LogP contribution in [0.2, 0.25) is 0 Å². The molecule has 1 aromatic carbocycles. The van der Waals surface area contributed by atoms with Crippen molar-refractivity contribution in [3.8, 4) is 12.3 Å². The first-order valence-electron chi connectivity index (χ1n) is 7.32. The zero-order valence-electron chi connectivity index (χ0n) is 13.2. The molecule has 7 heteroatoms. The Morgan fingerprint density at radius 1 is 1.30 bits per heavy atom. The third-order valence-corrected chi connectivity index (χ3v) is 5.34. The highest BCUT2D eigenvalue weighted by Gasteiger charge is 2.32. The van der Waals surface area contributed by atoms with E-state index in [0.717, 1.165) is 0 Å². The summed E-state index contributed by atoms with van der Waals surface area (Å²) in [5.74, 6) is 1.98. The molecule has 1 aliphatic rings. The third-order valence-electron chi connectivity index (χ3n) is 3.49. The monoisotopic (exact) mass is 336 g/mol. The normalized spacial score (nSPS) is 22.3. The highest BCUT2D eigenvalue weighted by Crippen LogP contribution is 2.21. The third kappa shape index (κ3) is 4.10. The van der Waals surface area contributed by atoms with Gasteiger partial charge < -0.3 is 10.1 Å². The van der Waals surface area contributed by atoms with Crippen LogP contribution in [0.15, 0.2) is 29.2 Å². The second-order valence-electron chi connectivity index (χ2n) is 5.49. The van der Waals surface area contributed by atoms with Gasteiger partial charge in [-0.3, -0.25) is 4.79 Å². The topological polar surface area (TPSA) is 75.7 Å². The van der Waals surface area contributed by atoms with Crippen molar-refractivity contribution in [1.82, 2.24) is 9.62 Å². The second kappa shape index (κ2) is 7.13. The van der Waals surface area contributed by atoms with E-state index in [4.69, 9.17) is 11.2 Å². The van der Waals surface area contributed by atoms with Crippen LogP contribution in [0.3, 0.4) is 0 Å². The summed E-state index contributed by atoms with van der Waals surface area (Å²) in [6, 6.07) is 5.83. The quantitative estimate of drug-likeness (QED) is 0.827. The first-order chi connectivity index (χ1) is 10.8. The minimum atomic E-state index is -3.60. The number of terminal acetylenes is 1. The van der Waals surface area contributed by atoms with E-state index in [1.54, 1.807) is 0 Å². The Labute approximate surface area is 136 Å². The molecule has 0 bridgehead atoms. The van der Waals surface area contributed by atoms with E-state index < -0.39 is 10.0 Å². The molecule has 1 saturated heterocycles. The van der Waals surface area contributed by atoms with Crippen LogP contribution >= 0.6 is 0 Å². The number of hydrogen-bond donors (Lipinski definition) is 1. The fraction of sp³-hybridized carbons (Fsp3) is 0.438. The number of benzene rings is 1. The van der Waals surface area contributed by atoms with Crippen LogP contribution in [0.25, 0.3) is 0 Å². The summed E-state index contributed by atoms with van der Waals surface area (Å²) in [4.78, 5) is 11.9. The Morgan fingerprint density at radius 2 is 1.87 bits per heavy atom. The minimum absolute atomic E-state index is 0.127. The van der Waals surface area contributed by atoms with Gasteiger partial charge in [-0.05, 0) is 38.1 Å². The SMILES string of the molecule is C#CCNC(=O)c1ccc(S(=O)(=O)N2CC(C)OC(C)C2)cc1. The van der Waals surface area contributed by atoms with Gasteiger partial charge >= 0.3 is 0 Å². The minimum Gasteiger partial charge on any atom is -0.373 e. The van der Waals surface area contributed by atoms with E-state index in [9.17, 15) is 13.2 Å². The molecule has 1 fully saturated rings. The summed E-state index contributed by atoms with van der Waals surface area (Å²) >= 11 is 0. The van der Waals surface area contributed by atoms with Crippen molar-refractivity contribution < 1.29 is 17.9 Å². The Bertz CT molecular complexity index is 697. The molecular weight excluding hydrogens is 316 g/mol. The van der Waals surface area contributed by atoms with Gasteiger partial charge in [0, 0.05) is 18.7 Å². The Balaban J connectivity index is 2.17. The predicted octanol–water partition coefficient (Wildman–Crippen LogP) is 0.847. The summed E-state index contributed by atoms with van der Waals surface area (Å²) < 4.78 is 32.3. The maximum Gasteiger partial charge on any atom is 0.252 e. The van der Waals surface area contributed by atoms with Crippen LogP contribution in [0, 0.1) is 12.3 Å². The summed E-state index contributed by atoms with van der Waals surface area (Å²) in [6.07, 6.45) is 4.78. The standard InChI is InChI=1S/C16H20N2O4S/c1-4-9-17-16(19)14-5-7-15(8-6-14)23(20,21)18-10-12(2)22-13(3)11-18/h1,5-8,12-13H,9-11H2,2-3H3,(H,17,19). The van der Waals surface area contributed by atoms with Gasteiger partial charge in [0.2, 0.25) is 10.0 Å². The Hall–Kier alpha value is -1.88. The van der Waals surface area contributed by atoms with Crippen molar-refractivity contribution in [3.05, 3.63) is 29.8 Å². The first-order valence-corrected chi connectivity index (χ1v) is 8.76. The maximum absolute atomic E-state index is 12.7. The van der Waals surface area contributed by atoms with Crippen LogP contribution < -0.4 is 5.32 Å². The van der Waals surface area contributed by atoms with E-state index in [1.165, 1.54) is 28.6 Å². The highest BCUT2D eigenvalue weighted by atomic mass is 32.2. The molecule has 0 aromatic heterocycles. The van der Waals surface area contributed by atoms with Gasteiger partial charge in [-0.25, -0.2) is 8.42 Å². The number of nitrogens with one attached hydrogen (secondary N) is 1.